The van der Waals surface area contributed by atoms with E-state index in [4.69, 9.17) is 21.4 Å². The first kappa shape index (κ1) is 13.6. The number of fused-ring (bicyclic) bond motifs is 1. The second-order valence-corrected chi connectivity index (χ2v) is 4.64. The summed E-state index contributed by atoms with van der Waals surface area (Å²) in [5, 5.41) is 10.1. The number of rotatable bonds is 5. The van der Waals surface area contributed by atoms with Crippen LogP contribution in [0.1, 0.15) is 18.4 Å². The number of aromatic nitrogens is 1. The third kappa shape index (κ3) is 3.15. The van der Waals surface area contributed by atoms with Gasteiger partial charge in [-0.05, 0) is 36.6 Å². The molecule has 0 fully saturated rings. The van der Waals surface area contributed by atoms with Crippen molar-refractivity contribution in [1.82, 2.24) is 4.98 Å². The SMILES string of the molecule is COc1ccc(Cl)c2ncc(CCCC(=O)O)cc12. The Morgan fingerprint density at radius 1 is 1.47 bits per heavy atom. The van der Waals surface area contributed by atoms with Crippen LogP contribution in [0.15, 0.2) is 24.4 Å². The second-order valence-electron chi connectivity index (χ2n) is 4.24. The van der Waals surface area contributed by atoms with Crippen molar-refractivity contribution >= 4 is 28.5 Å². The van der Waals surface area contributed by atoms with E-state index in [1.54, 1.807) is 25.4 Å². The van der Waals surface area contributed by atoms with Gasteiger partial charge in [0.05, 0.1) is 17.6 Å². The Hall–Kier alpha value is -1.81. The van der Waals surface area contributed by atoms with Crippen molar-refractivity contribution < 1.29 is 14.6 Å². The van der Waals surface area contributed by atoms with Gasteiger partial charge in [0.1, 0.15) is 5.75 Å². The first-order valence-corrected chi connectivity index (χ1v) is 6.32. The van der Waals surface area contributed by atoms with E-state index < -0.39 is 5.97 Å². The molecule has 19 heavy (non-hydrogen) atoms. The fourth-order valence-corrected chi connectivity index (χ4v) is 2.18. The maximum absolute atomic E-state index is 10.5. The van der Waals surface area contributed by atoms with Crippen LogP contribution < -0.4 is 4.74 Å². The largest absolute Gasteiger partial charge is 0.496 e. The maximum atomic E-state index is 10.5. The zero-order chi connectivity index (χ0) is 13.8. The molecule has 0 aliphatic rings. The standard InChI is InChI=1S/C14H14ClNO3/c1-19-12-6-5-11(15)14-10(12)7-9(8-16-14)3-2-4-13(17)18/h5-8H,2-4H2,1H3,(H,17,18). The van der Waals surface area contributed by atoms with Crippen LogP contribution in [0.5, 0.6) is 5.75 Å². The molecule has 4 nitrogen and oxygen atoms in total. The van der Waals surface area contributed by atoms with Crippen molar-refractivity contribution in [2.24, 2.45) is 0 Å². The number of hydrogen-bond acceptors (Lipinski definition) is 3. The molecule has 0 spiro atoms. The van der Waals surface area contributed by atoms with Crippen molar-refractivity contribution in [3.05, 3.63) is 35.0 Å². The predicted molar refractivity (Wildman–Crippen MR) is 73.9 cm³/mol. The number of hydrogen-bond donors (Lipinski definition) is 1. The topological polar surface area (TPSA) is 59.4 Å². The molecule has 0 radical (unpaired) electrons. The summed E-state index contributed by atoms with van der Waals surface area (Å²) in [6, 6.07) is 5.50. The number of nitrogens with zero attached hydrogens (tertiary/aromatic N) is 1. The Bertz CT molecular complexity index is 613. The number of pyridine rings is 1. The summed E-state index contributed by atoms with van der Waals surface area (Å²) in [4.78, 5) is 14.8. The van der Waals surface area contributed by atoms with Gasteiger partial charge in [-0.1, -0.05) is 11.6 Å². The summed E-state index contributed by atoms with van der Waals surface area (Å²) in [6.07, 6.45) is 3.15. The Kier molecular flexibility index (Phi) is 4.22. The first-order valence-electron chi connectivity index (χ1n) is 5.94. The summed E-state index contributed by atoms with van der Waals surface area (Å²) in [7, 11) is 1.60. The molecular weight excluding hydrogens is 266 g/mol. The van der Waals surface area contributed by atoms with E-state index in [0.717, 1.165) is 10.9 Å². The number of aryl methyl sites for hydroxylation is 1. The van der Waals surface area contributed by atoms with Gasteiger partial charge in [0, 0.05) is 18.0 Å². The molecule has 1 heterocycles. The summed E-state index contributed by atoms with van der Waals surface area (Å²) >= 11 is 6.09. The Morgan fingerprint density at radius 3 is 2.95 bits per heavy atom. The summed E-state index contributed by atoms with van der Waals surface area (Å²) in [5.74, 6) is -0.0682. The van der Waals surface area contributed by atoms with Crippen molar-refractivity contribution in [2.75, 3.05) is 7.11 Å². The molecule has 5 heteroatoms. The summed E-state index contributed by atoms with van der Waals surface area (Å²) in [5.41, 5.74) is 1.68. The molecule has 100 valence electrons. The molecule has 2 rings (SSSR count). The number of benzene rings is 1. The zero-order valence-corrected chi connectivity index (χ0v) is 11.3. The van der Waals surface area contributed by atoms with E-state index in [9.17, 15) is 4.79 Å². The van der Waals surface area contributed by atoms with Crippen LogP contribution in [0.4, 0.5) is 0 Å². The molecule has 1 aromatic heterocycles. The van der Waals surface area contributed by atoms with Crippen LogP contribution in [0.3, 0.4) is 0 Å². The average Bonchev–Trinajstić information content (AvgIpc) is 2.39. The molecule has 0 unspecified atom stereocenters. The van der Waals surface area contributed by atoms with E-state index in [1.165, 1.54) is 0 Å². The highest BCUT2D eigenvalue weighted by Crippen LogP contribution is 2.30. The number of aliphatic carboxylic acids is 1. The van der Waals surface area contributed by atoms with Gasteiger partial charge in [0.15, 0.2) is 0 Å². The Balaban J connectivity index is 2.31. The second kappa shape index (κ2) is 5.89. The number of carbonyl (C=O) groups is 1. The highest BCUT2D eigenvalue weighted by Gasteiger charge is 2.08. The number of halogens is 1. The van der Waals surface area contributed by atoms with Crippen LogP contribution in [0, 0.1) is 0 Å². The lowest BCUT2D eigenvalue weighted by atomic mass is 10.1. The zero-order valence-electron chi connectivity index (χ0n) is 10.5. The molecule has 0 saturated carbocycles. The lowest BCUT2D eigenvalue weighted by Gasteiger charge is -2.08. The van der Waals surface area contributed by atoms with Crippen LogP contribution >= 0.6 is 11.6 Å². The predicted octanol–water partition coefficient (Wildman–Crippen LogP) is 3.30. The Labute approximate surface area is 116 Å². The van der Waals surface area contributed by atoms with Gasteiger partial charge < -0.3 is 9.84 Å². The molecule has 0 aliphatic carbocycles. The first-order chi connectivity index (χ1) is 9.11. The monoisotopic (exact) mass is 279 g/mol. The summed E-state index contributed by atoms with van der Waals surface area (Å²) < 4.78 is 5.29. The van der Waals surface area contributed by atoms with Gasteiger partial charge in [-0.15, -0.1) is 0 Å². The van der Waals surface area contributed by atoms with E-state index >= 15 is 0 Å². The Morgan fingerprint density at radius 2 is 2.26 bits per heavy atom. The van der Waals surface area contributed by atoms with Crippen LogP contribution in [-0.4, -0.2) is 23.2 Å². The fourth-order valence-electron chi connectivity index (χ4n) is 1.96. The smallest absolute Gasteiger partial charge is 0.303 e. The van der Waals surface area contributed by atoms with Gasteiger partial charge in [-0.25, -0.2) is 0 Å². The van der Waals surface area contributed by atoms with Crippen LogP contribution in [0.25, 0.3) is 10.9 Å². The van der Waals surface area contributed by atoms with Gasteiger partial charge in [-0.2, -0.15) is 0 Å². The number of carboxylic acid groups (broad SMARTS) is 1. The van der Waals surface area contributed by atoms with E-state index in [0.29, 0.717) is 29.1 Å². The molecule has 0 saturated heterocycles. The highest BCUT2D eigenvalue weighted by atomic mass is 35.5. The van der Waals surface area contributed by atoms with E-state index in [2.05, 4.69) is 4.98 Å². The molecule has 0 atom stereocenters. The normalized spacial score (nSPS) is 10.6. The number of carboxylic acids is 1. The molecule has 2 aromatic rings. The third-order valence-corrected chi connectivity index (χ3v) is 3.20. The molecule has 1 N–H and O–H groups in total. The van der Waals surface area contributed by atoms with E-state index in [1.807, 2.05) is 6.07 Å². The molecule has 1 aromatic carbocycles. The molecular formula is C14H14ClNO3. The van der Waals surface area contributed by atoms with Gasteiger partial charge in [0.25, 0.3) is 0 Å². The van der Waals surface area contributed by atoms with Crippen molar-refractivity contribution in [3.63, 3.8) is 0 Å². The molecule has 0 aliphatic heterocycles. The van der Waals surface area contributed by atoms with Crippen LogP contribution in [0.2, 0.25) is 5.02 Å². The average molecular weight is 280 g/mol. The molecule has 0 bridgehead atoms. The van der Waals surface area contributed by atoms with Crippen molar-refractivity contribution in [1.29, 1.82) is 0 Å². The van der Waals surface area contributed by atoms with Gasteiger partial charge >= 0.3 is 5.97 Å². The quantitative estimate of drug-likeness (QED) is 0.912. The minimum absolute atomic E-state index is 0.157. The third-order valence-electron chi connectivity index (χ3n) is 2.89. The van der Waals surface area contributed by atoms with Crippen LogP contribution in [-0.2, 0) is 11.2 Å². The minimum Gasteiger partial charge on any atom is -0.496 e. The van der Waals surface area contributed by atoms with Crippen molar-refractivity contribution in [2.45, 2.75) is 19.3 Å². The highest BCUT2D eigenvalue weighted by molar-refractivity contribution is 6.35. The van der Waals surface area contributed by atoms with Crippen molar-refractivity contribution in [3.8, 4) is 5.75 Å². The fraction of sp³-hybridized carbons (Fsp3) is 0.286. The number of ether oxygens (including phenoxy) is 1. The van der Waals surface area contributed by atoms with Gasteiger partial charge in [0.2, 0.25) is 0 Å². The van der Waals surface area contributed by atoms with E-state index in [-0.39, 0.29) is 6.42 Å². The molecule has 0 amide bonds. The minimum atomic E-state index is -0.783. The summed E-state index contributed by atoms with van der Waals surface area (Å²) in [6.45, 7) is 0. The number of methoxy groups -OCH3 is 1. The maximum Gasteiger partial charge on any atom is 0.303 e. The lowest BCUT2D eigenvalue weighted by Crippen LogP contribution is -1.97. The lowest BCUT2D eigenvalue weighted by molar-refractivity contribution is -0.137. The van der Waals surface area contributed by atoms with Gasteiger partial charge in [-0.3, -0.25) is 9.78 Å².